The number of carbonyl (C=O) groups is 2. The molecule has 0 radical (unpaired) electrons. The zero-order valence-corrected chi connectivity index (χ0v) is 26.9. The van der Waals surface area contributed by atoms with Crippen LogP contribution in [0.1, 0.15) is 87.5 Å². The number of carboxylic acids is 1. The molecule has 1 fully saturated rings. The van der Waals surface area contributed by atoms with Crippen LogP contribution in [0.4, 0.5) is 0 Å². The summed E-state index contributed by atoms with van der Waals surface area (Å²) >= 11 is 6.14. The molecule has 234 valence electrons. The first-order valence-corrected chi connectivity index (χ1v) is 15.7. The Morgan fingerprint density at radius 1 is 0.956 bits per heavy atom. The number of carboxylic acid groups (broad SMARTS) is 1. The Morgan fingerprint density at radius 2 is 1.62 bits per heavy atom. The Balaban J connectivity index is 1.41. The number of hydrogen-bond acceptors (Lipinski definition) is 5. The van der Waals surface area contributed by atoms with Crippen LogP contribution >= 0.6 is 11.6 Å². The van der Waals surface area contributed by atoms with Crippen LogP contribution in [0.25, 0.3) is 28.5 Å². The number of aromatic nitrogens is 2. The zero-order chi connectivity index (χ0) is 32.1. The number of ether oxygens (including phenoxy) is 2. The summed E-state index contributed by atoms with van der Waals surface area (Å²) in [6.45, 7) is 7.35. The van der Waals surface area contributed by atoms with Crippen LogP contribution in [0.3, 0.4) is 0 Å². The number of nitrogens with zero attached hydrogens (tertiary/aromatic N) is 2. The van der Waals surface area contributed by atoms with Gasteiger partial charge in [0, 0.05) is 16.2 Å². The number of carbonyl (C=O) groups excluding carboxylic acids is 1. The summed E-state index contributed by atoms with van der Waals surface area (Å²) in [7, 11) is 0. The van der Waals surface area contributed by atoms with E-state index in [1.54, 1.807) is 19.1 Å². The van der Waals surface area contributed by atoms with E-state index in [1.807, 2.05) is 87.5 Å². The lowest BCUT2D eigenvalue weighted by atomic mass is 9.95. The highest BCUT2D eigenvalue weighted by atomic mass is 35.5. The molecule has 0 aliphatic heterocycles. The minimum Gasteiger partial charge on any atom is -0.489 e. The van der Waals surface area contributed by atoms with Crippen molar-refractivity contribution in [3.8, 4) is 28.1 Å². The summed E-state index contributed by atoms with van der Waals surface area (Å²) in [4.78, 5) is 24.3. The molecule has 1 aliphatic carbocycles. The number of halogens is 1. The molecule has 3 aromatic carbocycles. The third kappa shape index (κ3) is 8.22. The van der Waals surface area contributed by atoms with Crippen molar-refractivity contribution in [3.63, 3.8) is 0 Å². The molecule has 1 aliphatic rings. The van der Waals surface area contributed by atoms with Crippen LogP contribution in [0.15, 0.2) is 78.4 Å². The lowest BCUT2D eigenvalue weighted by Gasteiger charge is -2.24. The second-order valence-corrected chi connectivity index (χ2v) is 13.0. The zero-order valence-electron chi connectivity index (χ0n) is 26.2. The first-order valence-electron chi connectivity index (χ1n) is 15.3. The fraction of sp³-hybridized carbons (Fsp3) is 0.324. The molecule has 5 rings (SSSR count). The topological polar surface area (TPSA) is 90.7 Å². The Hall–Kier alpha value is -4.36. The maximum absolute atomic E-state index is 12.9. The largest absolute Gasteiger partial charge is 0.489 e. The molecule has 8 heteroatoms. The monoisotopic (exact) mass is 626 g/mol. The molecule has 0 amide bonds. The van der Waals surface area contributed by atoms with Crippen molar-refractivity contribution < 1.29 is 24.2 Å². The van der Waals surface area contributed by atoms with Crippen molar-refractivity contribution in [2.75, 3.05) is 0 Å². The van der Waals surface area contributed by atoms with Gasteiger partial charge in [0.2, 0.25) is 0 Å². The van der Waals surface area contributed by atoms with Crippen LogP contribution in [-0.2, 0) is 16.1 Å². The van der Waals surface area contributed by atoms with E-state index in [2.05, 4.69) is 4.68 Å². The summed E-state index contributed by atoms with van der Waals surface area (Å²) in [5.74, 6) is -0.673. The third-order valence-corrected chi connectivity index (χ3v) is 8.07. The van der Waals surface area contributed by atoms with E-state index in [1.165, 1.54) is 6.42 Å². The van der Waals surface area contributed by atoms with Crippen LogP contribution in [0, 0.1) is 0 Å². The molecule has 0 saturated heterocycles. The van der Waals surface area contributed by atoms with Gasteiger partial charge in [-0.15, -0.1) is 0 Å². The first-order chi connectivity index (χ1) is 21.5. The van der Waals surface area contributed by atoms with Gasteiger partial charge in [0.25, 0.3) is 0 Å². The number of aliphatic carboxylic acids is 1. The SMILES string of the molecule is CC(=Cc1cc(-c2ccc(OCc3cc(C(=O)OC(C)(C)C)ccc3-c3ccc(Cl)cc3)cc2)n(C2CCCCC2)n1)C(=O)O. The Labute approximate surface area is 269 Å². The molecule has 0 spiro atoms. The van der Waals surface area contributed by atoms with Gasteiger partial charge in [-0.3, -0.25) is 4.68 Å². The van der Waals surface area contributed by atoms with E-state index in [4.69, 9.17) is 26.2 Å². The number of esters is 1. The van der Waals surface area contributed by atoms with Crippen molar-refractivity contribution in [2.45, 2.75) is 78.0 Å². The molecule has 45 heavy (non-hydrogen) atoms. The van der Waals surface area contributed by atoms with E-state index >= 15 is 0 Å². The van der Waals surface area contributed by atoms with E-state index in [0.29, 0.717) is 22.0 Å². The Morgan fingerprint density at radius 3 is 2.27 bits per heavy atom. The van der Waals surface area contributed by atoms with Crippen molar-refractivity contribution in [1.82, 2.24) is 9.78 Å². The second-order valence-electron chi connectivity index (χ2n) is 12.5. The van der Waals surface area contributed by atoms with Gasteiger partial charge in [-0.2, -0.15) is 5.10 Å². The first kappa shape index (κ1) is 32.0. The fourth-order valence-electron chi connectivity index (χ4n) is 5.56. The number of rotatable bonds is 9. The van der Waals surface area contributed by atoms with Gasteiger partial charge >= 0.3 is 11.9 Å². The van der Waals surface area contributed by atoms with Crippen molar-refractivity contribution in [2.24, 2.45) is 0 Å². The summed E-state index contributed by atoms with van der Waals surface area (Å²) in [5, 5.41) is 14.8. The standard InChI is InChI=1S/C37H39ClN2O5/c1-24(35(41)42)20-30-22-34(40(39-30)31-8-6-5-7-9-31)26-12-17-32(18-13-26)44-23-28-21-27(36(43)45-37(2,3)4)14-19-33(28)25-10-15-29(38)16-11-25/h10-22,31H,5-9,23H2,1-4H3,(H,41,42). The molecule has 0 unspecified atom stereocenters. The molecule has 1 N–H and O–H groups in total. The molecule has 7 nitrogen and oxygen atoms in total. The summed E-state index contributed by atoms with van der Waals surface area (Å²) < 4.78 is 13.9. The van der Waals surface area contributed by atoms with Crippen LogP contribution in [-0.4, -0.2) is 32.4 Å². The van der Waals surface area contributed by atoms with E-state index < -0.39 is 17.5 Å². The minimum absolute atomic E-state index is 0.233. The van der Waals surface area contributed by atoms with Crippen LogP contribution in [0.2, 0.25) is 5.02 Å². The summed E-state index contributed by atoms with van der Waals surface area (Å²) in [6.07, 6.45) is 7.26. The van der Waals surface area contributed by atoms with Gasteiger partial charge < -0.3 is 14.6 Å². The van der Waals surface area contributed by atoms with Gasteiger partial charge in [-0.25, -0.2) is 9.59 Å². The highest BCUT2D eigenvalue weighted by Gasteiger charge is 2.22. The van der Waals surface area contributed by atoms with Crippen molar-refractivity contribution in [3.05, 3.63) is 100 Å². The molecule has 1 heterocycles. The van der Waals surface area contributed by atoms with Crippen LogP contribution < -0.4 is 4.74 Å². The van der Waals surface area contributed by atoms with Crippen LogP contribution in [0.5, 0.6) is 5.75 Å². The lowest BCUT2D eigenvalue weighted by Crippen LogP contribution is -2.24. The third-order valence-electron chi connectivity index (χ3n) is 7.82. The average Bonchev–Trinajstić information content (AvgIpc) is 3.44. The smallest absolute Gasteiger partial charge is 0.338 e. The quantitative estimate of drug-likeness (QED) is 0.147. The predicted octanol–water partition coefficient (Wildman–Crippen LogP) is 9.40. The minimum atomic E-state index is -0.957. The van der Waals surface area contributed by atoms with Gasteiger partial charge in [-0.05, 0) is 118 Å². The van der Waals surface area contributed by atoms with Gasteiger partial charge in [0.05, 0.1) is 23.0 Å². The van der Waals surface area contributed by atoms with Crippen molar-refractivity contribution in [1.29, 1.82) is 0 Å². The van der Waals surface area contributed by atoms with Gasteiger partial charge in [-0.1, -0.05) is 49.1 Å². The van der Waals surface area contributed by atoms with E-state index in [9.17, 15) is 14.7 Å². The summed E-state index contributed by atoms with van der Waals surface area (Å²) in [5.41, 5.74) is 5.38. The molecule has 4 aromatic rings. The average molecular weight is 627 g/mol. The maximum atomic E-state index is 12.9. The highest BCUT2D eigenvalue weighted by molar-refractivity contribution is 6.30. The van der Waals surface area contributed by atoms with Gasteiger partial charge in [0.1, 0.15) is 18.0 Å². The molecule has 0 atom stereocenters. The number of hydrogen-bond donors (Lipinski definition) is 1. The normalized spacial score (nSPS) is 14.3. The lowest BCUT2D eigenvalue weighted by molar-refractivity contribution is -0.132. The predicted molar refractivity (Wildman–Crippen MR) is 177 cm³/mol. The van der Waals surface area contributed by atoms with Gasteiger partial charge in [0.15, 0.2) is 0 Å². The highest BCUT2D eigenvalue weighted by Crippen LogP contribution is 2.34. The molecule has 0 bridgehead atoms. The van der Waals surface area contributed by atoms with Crippen molar-refractivity contribution >= 4 is 29.6 Å². The molecular weight excluding hydrogens is 588 g/mol. The molecule has 1 saturated carbocycles. The molecular formula is C37H39ClN2O5. The Bertz CT molecular complexity index is 1690. The maximum Gasteiger partial charge on any atom is 0.338 e. The Kier molecular flexibility index (Phi) is 9.78. The molecule has 1 aromatic heterocycles. The summed E-state index contributed by atoms with van der Waals surface area (Å²) in [6, 6.07) is 23.1. The number of benzene rings is 3. The second kappa shape index (κ2) is 13.7. The van der Waals surface area contributed by atoms with E-state index in [0.717, 1.165) is 53.6 Å². The van der Waals surface area contributed by atoms with E-state index in [-0.39, 0.29) is 18.2 Å². The fourth-order valence-corrected chi connectivity index (χ4v) is 5.68.